The Bertz CT molecular complexity index is 363. The Morgan fingerprint density at radius 1 is 1.21 bits per heavy atom. The average molecular weight is 261 g/mol. The SMILES string of the molecule is CC(C)CC(NCC1CCCC1O)c1ccccc1. The Morgan fingerprint density at radius 2 is 1.95 bits per heavy atom. The van der Waals surface area contributed by atoms with Gasteiger partial charge in [-0.3, -0.25) is 0 Å². The predicted molar refractivity (Wildman–Crippen MR) is 80.0 cm³/mol. The second-order valence-corrected chi connectivity index (χ2v) is 6.26. The number of nitrogens with one attached hydrogen (secondary N) is 1. The highest BCUT2D eigenvalue weighted by Gasteiger charge is 2.25. The summed E-state index contributed by atoms with van der Waals surface area (Å²) in [7, 11) is 0. The van der Waals surface area contributed by atoms with Crippen LogP contribution in [-0.4, -0.2) is 17.8 Å². The zero-order valence-corrected chi connectivity index (χ0v) is 12.2. The molecule has 2 N–H and O–H groups in total. The molecule has 0 heterocycles. The van der Waals surface area contributed by atoms with Crippen LogP contribution in [0.3, 0.4) is 0 Å². The van der Waals surface area contributed by atoms with Crippen LogP contribution in [0.5, 0.6) is 0 Å². The molecule has 2 heteroatoms. The van der Waals surface area contributed by atoms with Gasteiger partial charge in [0.25, 0.3) is 0 Å². The molecule has 0 spiro atoms. The number of hydrogen-bond donors (Lipinski definition) is 2. The highest BCUT2D eigenvalue weighted by Crippen LogP contribution is 2.27. The minimum absolute atomic E-state index is 0.0945. The molecule has 3 atom stereocenters. The van der Waals surface area contributed by atoms with Crippen molar-refractivity contribution in [2.75, 3.05) is 6.54 Å². The van der Waals surface area contributed by atoms with Crippen molar-refractivity contribution in [1.82, 2.24) is 5.32 Å². The summed E-state index contributed by atoms with van der Waals surface area (Å²) in [6, 6.07) is 11.1. The third kappa shape index (κ3) is 4.32. The Balaban J connectivity index is 1.94. The standard InChI is InChI=1S/C17H27NO/c1-13(2)11-16(14-7-4-3-5-8-14)18-12-15-9-6-10-17(15)19/h3-5,7-8,13,15-19H,6,9-12H2,1-2H3. The summed E-state index contributed by atoms with van der Waals surface area (Å²) in [6.07, 6.45) is 4.37. The molecule has 0 aliphatic heterocycles. The molecule has 1 aliphatic carbocycles. The summed E-state index contributed by atoms with van der Waals surface area (Å²) < 4.78 is 0. The molecule has 0 saturated heterocycles. The number of aliphatic hydroxyl groups excluding tert-OH is 1. The summed E-state index contributed by atoms with van der Waals surface area (Å²) in [5.41, 5.74) is 1.36. The van der Waals surface area contributed by atoms with E-state index in [1.807, 2.05) is 0 Å². The van der Waals surface area contributed by atoms with Gasteiger partial charge in [-0.1, -0.05) is 50.6 Å². The molecule has 1 fully saturated rings. The number of rotatable bonds is 6. The van der Waals surface area contributed by atoms with Gasteiger partial charge in [-0.15, -0.1) is 0 Å². The van der Waals surface area contributed by atoms with Crippen LogP contribution in [0.15, 0.2) is 30.3 Å². The summed E-state index contributed by atoms with van der Waals surface area (Å²) in [5.74, 6) is 1.12. The lowest BCUT2D eigenvalue weighted by Crippen LogP contribution is -2.31. The van der Waals surface area contributed by atoms with Gasteiger partial charge in [0.15, 0.2) is 0 Å². The van der Waals surface area contributed by atoms with Crippen LogP contribution in [0, 0.1) is 11.8 Å². The number of hydrogen-bond acceptors (Lipinski definition) is 2. The van der Waals surface area contributed by atoms with Crippen molar-refractivity contribution in [3.05, 3.63) is 35.9 Å². The maximum atomic E-state index is 9.91. The fraction of sp³-hybridized carbons (Fsp3) is 0.647. The van der Waals surface area contributed by atoms with Gasteiger partial charge >= 0.3 is 0 Å². The first kappa shape index (κ1) is 14.5. The highest BCUT2D eigenvalue weighted by molar-refractivity contribution is 5.18. The maximum Gasteiger partial charge on any atom is 0.0580 e. The molecule has 0 aromatic heterocycles. The van der Waals surface area contributed by atoms with Gasteiger partial charge in [-0.2, -0.15) is 0 Å². The van der Waals surface area contributed by atoms with Crippen LogP contribution in [-0.2, 0) is 0 Å². The van der Waals surface area contributed by atoms with Crippen LogP contribution >= 0.6 is 0 Å². The van der Waals surface area contributed by atoms with E-state index in [2.05, 4.69) is 49.5 Å². The quantitative estimate of drug-likeness (QED) is 0.821. The van der Waals surface area contributed by atoms with Crippen molar-refractivity contribution in [1.29, 1.82) is 0 Å². The van der Waals surface area contributed by atoms with E-state index < -0.39 is 0 Å². The van der Waals surface area contributed by atoms with Crippen molar-refractivity contribution in [2.24, 2.45) is 11.8 Å². The molecule has 2 nitrogen and oxygen atoms in total. The Morgan fingerprint density at radius 3 is 2.53 bits per heavy atom. The lowest BCUT2D eigenvalue weighted by atomic mass is 9.96. The molecular weight excluding hydrogens is 234 g/mol. The van der Waals surface area contributed by atoms with Gasteiger partial charge in [0.05, 0.1) is 6.10 Å². The lowest BCUT2D eigenvalue weighted by Gasteiger charge is -2.24. The Hall–Kier alpha value is -0.860. The fourth-order valence-electron chi connectivity index (χ4n) is 3.04. The molecule has 19 heavy (non-hydrogen) atoms. The van der Waals surface area contributed by atoms with Crippen LogP contribution in [0.25, 0.3) is 0 Å². The van der Waals surface area contributed by atoms with Crippen molar-refractivity contribution in [2.45, 2.75) is 51.7 Å². The minimum atomic E-state index is -0.0945. The summed E-state index contributed by atoms with van der Waals surface area (Å²) >= 11 is 0. The van der Waals surface area contributed by atoms with Crippen molar-refractivity contribution >= 4 is 0 Å². The molecular formula is C17H27NO. The topological polar surface area (TPSA) is 32.3 Å². The summed E-state index contributed by atoms with van der Waals surface area (Å²) in [5, 5.41) is 13.6. The summed E-state index contributed by atoms with van der Waals surface area (Å²) in [4.78, 5) is 0. The second-order valence-electron chi connectivity index (χ2n) is 6.26. The van der Waals surface area contributed by atoms with Gasteiger partial charge in [0.1, 0.15) is 0 Å². The zero-order chi connectivity index (χ0) is 13.7. The predicted octanol–water partition coefficient (Wildman–Crippen LogP) is 3.52. The average Bonchev–Trinajstić information content (AvgIpc) is 2.81. The largest absolute Gasteiger partial charge is 0.393 e. The molecule has 1 aromatic rings. The molecule has 0 radical (unpaired) electrons. The van der Waals surface area contributed by atoms with Crippen LogP contribution in [0.1, 0.15) is 51.1 Å². The minimum Gasteiger partial charge on any atom is -0.393 e. The molecule has 1 aromatic carbocycles. The molecule has 3 unspecified atom stereocenters. The third-order valence-corrected chi connectivity index (χ3v) is 4.15. The van der Waals surface area contributed by atoms with E-state index in [0.717, 1.165) is 25.8 Å². The molecule has 106 valence electrons. The van der Waals surface area contributed by atoms with Gasteiger partial charge in [0.2, 0.25) is 0 Å². The molecule has 1 saturated carbocycles. The van der Waals surface area contributed by atoms with E-state index in [4.69, 9.17) is 0 Å². The molecule has 1 aliphatic rings. The van der Waals surface area contributed by atoms with Gasteiger partial charge in [-0.25, -0.2) is 0 Å². The first-order chi connectivity index (χ1) is 9.16. The number of benzene rings is 1. The van der Waals surface area contributed by atoms with E-state index in [1.165, 1.54) is 12.0 Å². The van der Waals surface area contributed by atoms with Crippen molar-refractivity contribution in [3.63, 3.8) is 0 Å². The number of aliphatic hydroxyl groups is 1. The first-order valence-corrected chi connectivity index (χ1v) is 7.63. The second kappa shape index (κ2) is 7.06. The molecule has 2 rings (SSSR count). The molecule has 0 amide bonds. The van der Waals surface area contributed by atoms with Gasteiger partial charge in [-0.05, 0) is 36.7 Å². The zero-order valence-electron chi connectivity index (χ0n) is 12.2. The van der Waals surface area contributed by atoms with Gasteiger partial charge < -0.3 is 10.4 Å². The van der Waals surface area contributed by atoms with E-state index in [-0.39, 0.29) is 6.10 Å². The van der Waals surface area contributed by atoms with Gasteiger partial charge in [0, 0.05) is 12.6 Å². The van der Waals surface area contributed by atoms with E-state index in [1.54, 1.807) is 0 Å². The van der Waals surface area contributed by atoms with Crippen molar-refractivity contribution < 1.29 is 5.11 Å². The van der Waals surface area contributed by atoms with Crippen LogP contribution < -0.4 is 5.32 Å². The van der Waals surface area contributed by atoms with Crippen LogP contribution in [0.2, 0.25) is 0 Å². The Labute approximate surface area is 117 Å². The maximum absolute atomic E-state index is 9.91. The van der Waals surface area contributed by atoms with Crippen molar-refractivity contribution in [3.8, 4) is 0 Å². The van der Waals surface area contributed by atoms with E-state index in [9.17, 15) is 5.11 Å². The lowest BCUT2D eigenvalue weighted by molar-refractivity contribution is 0.129. The molecule has 0 bridgehead atoms. The van der Waals surface area contributed by atoms with E-state index in [0.29, 0.717) is 17.9 Å². The normalized spacial score (nSPS) is 24.8. The first-order valence-electron chi connectivity index (χ1n) is 7.63. The summed E-state index contributed by atoms with van der Waals surface area (Å²) in [6.45, 7) is 5.47. The van der Waals surface area contributed by atoms with Crippen LogP contribution in [0.4, 0.5) is 0 Å². The smallest absolute Gasteiger partial charge is 0.0580 e. The Kier molecular flexibility index (Phi) is 5.41. The third-order valence-electron chi connectivity index (χ3n) is 4.15. The monoisotopic (exact) mass is 261 g/mol. The fourth-order valence-corrected chi connectivity index (χ4v) is 3.04. The highest BCUT2D eigenvalue weighted by atomic mass is 16.3. The van der Waals surface area contributed by atoms with E-state index >= 15 is 0 Å².